The third-order valence-corrected chi connectivity index (χ3v) is 3.50. The van der Waals surface area contributed by atoms with Crippen LogP contribution in [-0.2, 0) is 17.8 Å². The van der Waals surface area contributed by atoms with Gasteiger partial charge in [-0.2, -0.15) is 0 Å². The average Bonchev–Trinajstić information content (AvgIpc) is 2.51. The van der Waals surface area contributed by atoms with Gasteiger partial charge in [-0.05, 0) is 36.7 Å². The van der Waals surface area contributed by atoms with Crippen LogP contribution < -0.4 is 5.32 Å². The lowest BCUT2D eigenvalue weighted by atomic mass is 10.1. The van der Waals surface area contributed by atoms with Crippen molar-refractivity contribution in [2.75, 3.05) is 18.9 Å². The lowest BCUT2D eigenvalue weighted by molar-refractivity contribution is -0.117. The third kappa shape index (κ3) is 5.14. The monoisotopic (exact) mass is 318 g/mol. The van der Waals surface area contributed by atoms with Crippen LogP contribution in [0.3, 0.4) is 0 Å². The Hall–Kier alpha value is -2.27. The van der Waals surface area contributed by atoms with Gasteiger partial charge in [-0.1, -0.05) is 31.2 Å². The van der Waals surface area contributed by atoms with E-state index in [0.717, 1.165) is 30.2 Å². The highest BCUT2D eigenvalue weighted by Crippen LogP contribution is 2.15. The van der Waals surface area contributed by atoms with E-state index in [1.54, 1.807) is 7.05 Å². The number of carbonyl (C=O) groups is 1. The highest BCUT2D eigenvalue weighted by molar-refractivity contribution is 5.92. The molecule has 2 aromatic rings. The Labute approximate surface area is 134 Å². The van der Waals surface area contributed by atoms with Gasteiger partial charge in [-0.3, -0.25) is 9.69 Å². The highest BCUT2D eigenvalue weighted by Gasteiger charge is 2.11. The van der Waals surface area contributed by atoms with Gasteiger partial charge in [0.25, 0.3) is 0 Å². The number of nitrogens with zero attached hydrogens (tertiary/aromatic N) is 1. The number of aryl methyl sites for hydroxylation is 1. The summed E-state index contributed by atoms with van der Waals surface area (Å²) < 4.78 is 26.6. The summed E-state index contributed by atoms with van der Waals surface area (Å²) in [4.78, 5) is 13.7. The molecule has 0 aromatic heterocycles. The molecule has 0 fully saturated rings. The molecule has 1 N–H and O–H groups in total. The van der Waals surface area contributed by atoms with Crippen LogP contribution in [0.5, 0.6) is 0 Å². The fourth-order valence-corrected chi connectivity index (χ4v) is 2.28. The van der Waals surface area contributed by atoms with Gasteiger partial charge in [-0.25, -0.2) is 8.78 Å². The molecule has 0 aliphatic carbocycles. The van der Waals surface area contributed by atoms with Crippen molar-refractivity contribution in [3.8, 4) is 0 Å². The smallest absolute Gasteiger partial charge is 0.238 e. The van der Waals surface area contributed by atoms with E-state index in [9.17, 15) is 13.6 Å². The number of nitrogens with one attached hydrogen (secondary N) is 1. The largest absolute Gasteiger partial charge is 0.322 e. The predicted molar refractivity (Wildman–Crippen MR) is 87.1 cm³/mol. The topological polar surface area (TPSA) is 32.3 Å². The van der Waals surface area contributed by atoms with Crippen molar-refractivity contribution in [2.24, 2.45) is 0 Å². The van der Waals surface area contributed by atoms with Gasteiger partial charge < -0.3 is 5.32 Å². The number of likely N-dealkylation sites (N-methyl/N-ethyl adjacent to an activating group) is 1. The second-order valence-corrected chi connectivity index (χ2v) is 5.51. The Bertz CT molecular complexity index is 671. The molecule has 0 aliphatic heterocycles. The maximum atomic E-state index is 13.5. The second-order valence-electron chi connectivity index (χ2n) is 5.51. The van der Waals surface area contributed by atoms with Crippen LogP contribution >= 0.6 is 0 Å². The Balaban J connectivity index is 1.90. The molecule has 2 aromatic carbocycles. The van der Waals surface area contributed by atoms with Crippen LogP contribution in [-0.4, -0.2) is 24.4 Å². The lowest BCUT2D eigenvalue weighted by Gasteiger charge is -2.16. The molecule has 23 heavy (non-hydrogen) atoms. The Morgan fingerprint density at radius 1 is 1.09 bits per heavy atom. The van der Waals surface area contributed by atoms with Gasteiger partial charge in [0.15, 0.2) is 0 Å². The maximum absolute atomic E-state index is 13.5. The first kappa shape index (κ1) is 17.1. The number of halogens is 2. The molecular formula is C18H20F2N2O. The number of hydrogen-bond donors (Lipinski definition) is 1. The van der Waals surface area contributed by atoms with Gasteiger partial charge in [0.1, 0.15) is 11.6 Å². The van der Waals surface area contributed by atoms with E-state index in [0.29, 0.717) is 6.54 Å². The van der Waals surface area contributed by atoms with E-state index in [1.807, 2.05) is 17.0 Å². The molecule has 3 nitrogen and oxygen atoms in total. The number of rotatable bonds is 6. The third-order valence-electron chi connectivity index (χ3n) is 3.50. The first-order valence-electron chi connectivity index (χ1n) is 7.49. The molecular weight excluding hydrogens is 298 g/mol. The van der Waals surface area contributed by atoms with Crippen molar-refractivity contribution in [3.63, 3.8) is 0 Å². The number of amides is 1. The first-order chi connectivity index (χ1) is 11.0. The summed E-state index contributed by atoms with van der Waals surface area (Å²) in [5, 5.41) is 2.39. The number of carbonyl (C=O) groups excluding carboxylic acids is 1. The molecule has 0 saturated carbocycles. The van der Waals surface area contributed by atoms with E-state index in [2.05, 4.69) is 24.4 Å². The predicted octanol–water partition coefficient (Wildman–Crippen LogP) is 3.60. The molecule has 0 heterocycles. The molecule has 0 atom stereocenters. The van der Waals surface area contributed by atoms with Gasteiger partial charge in [-0.15, -0.1) is 0 Å². The summed E-state index contributed by atoms with van der Waals surface area (Å²) in [5.74, 6) is -1.63. The van der Waals surface area contributed by atoms with Gasteiger partial charge >= 0.3 is 0 Å². The summed E-state index contributed by atoms with van der Waals surface area (Å²) >= 11 is 0. The minimum absolute atomic E-state index is 0.0888. The van der Waals surface area contributed by atoms with Gasteiger partial charge in [0, 0.05) is 12.6 Å². The van der Waals surface area contributed by atoms with Gasteiger partial charge in [0.2, 0.25) is 5.91 Å². The van der Waals surface area contributed by atoms with Crippen LogP contribution in [0, 0.1) is 11.6 Å². The molecule has 0 aliphatic rings. The van der Waals surface area contributed by atoms with Crippen LogP contribution in [0.15, 0.2) is 42.5 Å². The molecule has 2 rings (SSSR count). The Morgan fingerprint density at radius 2 is 1.74 bits per heavy atom. The lowest BCUT2D eigenvalue weighted by Crippen LogP contribution is -2.30. The zero-order chi connectivity index (χ0) is 16.8. The van der Waals surface area contributed by atoms with E-state index < -0.39 is 11.6 Å². The Morgan fingerprint density at radius 3 is 2.39 bits per heavy atom. The fraction of sp³-hybridized carbons (Fsp3) is 0.278. The molecule has 0 radical (unpaired) electrons. The van der Waals surface area contributed by atoms with Gasteiger partial charge in [0.05, 0.1) is 12.2 Å². The summed E-state index contributed by atoms with van der Waals surface area (Å²) in [6.45, 7) is 2.78. The molecule has 5 heteroatoms. The van der Waals surface area contributed by atoms with E-state index in [4.69, 9.17) is 0 Å². The first-order valence-corrected chi connectivity index (χ1v) is 7.49. The van der Waals surface area contributed by atoms with Crippen LogP contribution in [0.25, 0.3) is 0 Å². The molecule has 0 unspecified atom stereocenters. The standard InChI is InChI=1S/C18H20F2N2O/c1-3-13-4-6-14(7-5-13)11-22(2)12-18(23)21-17-10-15(19)8-9-16(17)20/h4-10H,3,11-12H2,1-2H3,(H,21,23). The normalized spacial score (nSPS) is 10.8. The average molecular weight is 318 g/mol. The summed E-state index contributed by atoms with van der Waals surface area (Å²) in [6, 6.07) is 11.1. The maximum Gasteiger partial charge on any atom is 0.238 e. The fourth-order valence-electron chi connectivity index (χ4n) is 2.28. The van der Waals surface area contributed by atoms with Crippen molar-refractivity contribution < 1.29 is 13.6 Å². The van der Waals surface area contributed by atoms with E-state index in [-0.39, 0.29) is 18.1 Å². The molecule has 0 spiro atoms. The van der Waals surface area contributed by atoms with E-state index in [1.165, 1.54) is 5.56 Å². The molecule has 1 amide bonds. The molecule has 0 saturated heterocycles. The van der Waals surface area contributed by atoms with Crippen molar-refractivity contribution >= 4 is 11.6 Å². The summed E-state index contributed by atoms with van der Waals surface area (Å²) in [7, 11) is 1.80. The van der Waals surface area contributed by atoms with Crippen LogP contribution in [0.4, 0.5) is 14.5 Å². The minimum Gasteiger partial charge on any atom is -0.322 e. The van der Waals surface area contributed by atoms with Crippen molar-refractivity contribution in [1.82, 2.24) is 4.90 Å². The Kier molecular flexibility index (Phi) is 5.82. The van der Waals surface area contributed by atoms with Crippen LogP contribution in [0.1, 0.15) is 18.1 Å². The second kappa shape index (κ2) is 7.83. The van der Waals surface area contributed by atoms with E-state index >= 15 is 0 Å². The SMILES string of the molecule is CCc1ccc(CN(C)CC(=O)Nc2cc(F)ccc2F)cc1. The molecule has 0 bridgehead atoms. The zero-order valence-electron chi connectivity index (χ0n) is 13.3. The number of anilines is 1. The summed E-state index contributed by atoms with van der Waals surface area (Å²) in [5.41, 5.74) is 2.21. The number of hydrogen-bond acceptors (Lipinski definition) is 2. The minimum atomic E-state index is -0.655. The number of benzene rings is 2. The van der Waals surface area contributed by atoms with Crippen molar-refractivity contribution in [2.45, 2.75) is 19.9 Å². The molecule has 122 valence electrons. The summed E-state index contributed by atoms with van der Waals surface area (Å²) in [6.07, 6.45) is 0.984. The quantitative estimate of drug-likeness (QED) is 0.882. The van der Waals surface area contributed by atoms with Crippen LogP contribution in [0.2, 0.25) is 0 Å². The van der Waals surface area contributed by atoms with Crippen molar-refractivity contribution in [1.29, 1.82) is 0 Å². The zero-order valence-corrected chi connectivity index (χ0v) is 13.3. The highest BCUT2D eigenvalue weighted by atomic mass is 19.1. The van der Waals surface area contributed by atoms with Crippen molar-refractivity contribution in [3.05, 3.63) is 65.2 Å².